The molecule has 0 saturated carbocycles. The second-order valence-electron chi connectivity index (χ2n) is 8.71. The summed E-state index contributed by atoms with van der Waals surface area (Å²) in [7, 11) is 0. The molecular formula is C24H23N2+. The maximum absolute atomic E-state index is 2.50. The fourth-order valence-electron chi connectivity index (χ4n) is 5.68. The second kappa shape index (κ2) is 4.20. The fourth-order valence-corrected chi connectivity index (χ4v) is 5.68. The van der Waals surface area contributed by atoms with Crippen molar-refractivity contribution in [1.29, 1.82) is 0 Å². The van der Waals surface area contributed by atoms with Crippen LogP contribution in [-0.2, 0) is 12.1 Å². The monoisotopic (exact) mass is 339 g/mol. The Hall–Kier alpha value is -2.61. The van der Waals surface area contributed by atoms with Crippen LogP contribution in [0.15, 0.2) is 36.5 Å². The summed E-state index contributed by atoms with van der Waals surface area (Å²) < 4.78 is 4.97. The van der Waals surface area contributed by atoms with E-state index in [1.165, 1.54) is 60.9 Å². The third-order valence-electron chi connectivity index (χ3n) is 6.82. The van der Waals surface area contributed by atoms with Gasteiger partial charge in [-0.2, -0.15) is 4.57 Å². The van der Waals surface area contributed by atoms with Gasteiger partial charge >= 0.3 is 0 Å². The first-order chi connectivity index (χ1) is 12.4. The van der Waals surface area contributed by atoms with Gasteiger partial charge in [0.05, 0.1) is 11.1 Å². The van der Waals surface area contributed by atoms with Gasteiger partial charge in [0, 0.05) is 33.5 Å². The summed E-state index contributed by atoms with van der Waals surface area (Å²) in [4.78, 5) is 0. The highest BCUT2D eigenvalue weighted by atomic mass is 15.2. The Morgan fingerprint density at radius 2 is 1.81 bits per heavy atom. The molecule has 0 N–H and O–H groups in total. The average Bonchev–Trinajstić information content (AvgIpc) is 2.95. The van der Waals surface area contributed by atoms with Gasteiger partial charge in [0.25, 0.3) is 0 Å². The van der Waals surface area contributed by atoms with Crippen molar-refractivity contribution in [3.63, 3.8) is 0 Å². The molecule has 26 heavy (non-hydrogen) atoms. The van der Waals surface area contributed by atoms with Crippen LogP contribution >= 0.6 is 0 Å². The van der Waals surface area contributed by atoms with Crippen molar-refractivity contribution in [2.75, 3.05) is 0 Å². The van der Waals surface area contributed by atoms with Crippen LogP contribution in [0.4, 0.5) is 0 Å². The highest BCUT2D eigenvalue weighted by molar-refractivity contribution is 6.16. The number of nitrogens with zero attached hydrogens (tertiary/aromatic N) is 2. The Bertz CT molecular complexity index is 1300. The van der Waals surface area contributed by atoms with Crippen LogP contribution in [-0.4, -0.2) is 4.57 Å². The minimum Gasteiger partial charge on any atom is -0.289 e. The number of benzene rings is 2. The van der Waals surface area contributed by atoms with Gasteiger partial charge in [0.15, 0.2) is 6.20 Å². The Morgan fingerprint density at radius 3 is 2.62 bits per heavy atom. The van der Waals surface area contributed by atoms with Gasteiger partial charge in [0.2, 0.25) is 12.4 Å². The highest BCUT2D eigenvalue weighted by Crippen LogP contribution is 2.53. The predicted octanol–water partition coefficient (Wildman–Crippen LogP) is 5.13. The largest absolute Gasteiger partial charge is 0.289 e. The van der Waals surface area contributed by atoms with Crippen molar-refractivity contribution in [3.05, 3.63) is 64.5 Å². The Kier molecular flexibility index (Phi) is 2.35. The smallest absolute Gasteiger partial charge is 0.228 e. The molecule has 0 bridgehead atoms. The standard InChI is InChI=1S/C24H23N2/c1-13-8-9-25-12-26-15(3)11-16-10-14(2)17-6-7-18-20(19(17)22(16)26)23(25)21(13)24(18,4)5/h6-11H,12H2,1-5H3/q+1. The van der Waals surface area contributed by atoms with E-state index < -0.39 is 0 Å². The molecule has 2 aliphatic rings. The van der Waals surface area contributed by atoms with E-state index in [4.69, 9.17) is 0 Å². The first-order valence-electron chi connectivity index (χ1n) is 9.50. The van der Waals surface area contributed by atoms with Crippen LogP contribution in [0.5, 0.6) is 0 Å². The van der Waals surface area contributed by atoms with Crippen molar-refractivity contribution in [1.82, 2.24) is 4.57 Å². The minimum atomic E-state index is 0.0474. The Morgan fingerprint density at radius 1 is 1.00 bits per heavy atom. The van der Waals surface area contributed by atoms with E-state index >= 15 is 0 Å². The summed E-state index contributed by atoms with van der Waals surface area (Å²) in [5, 5.41) is 4.22. The number of aryl methyl sites for hydroxylation is 3. The maximum Gasteiger partial charge on any atom is 0.228 e. The zero-order valence-electron chi connectivity index (χ0n) is 16.1. The lowest BCUT2D eigenvalue weighted by Gasteiger charge is -2.22. The normalized spacial score (nSPS) is 16.0. The molecule has 3 heterocycles. The second-order valence-corrected chi connectivity index (χ2v) is 8.71. The first-order valence-corrected chi connectivity index (χ1v) is 9.50. The Balaban J connectivity index is 2.01. The average molecular weight is 339 g/mol. The van der Waals surface area contributed by atoms with E-state index in [2.05, 4.69) is 80.3 Å². The van der Waals surface area contributed by atoms with Crippen molar-refractivity contribution in [2.45, 2.75) is 46.7 Å². The lowest BCUT2D eigenvalue weighted by Crippen LogP contribution is -2.40. The number of pyridine rings is 1. The van der Waals surface area contributed by atoms with Crippen LogP contribution < -0.4 is 4.57 Å². The molecule has 2 heteroatoms. The summed E-state index contributed by atoms with van der Waals surface area (Å²) in [6, 6.07) is 11.7. The van der Waals surface area contributed by atoms with Crippen LogP contribution in [0.2, 0.25) is 0 Å². The predicted molar refractivity (Wildman–Crippen MR) is 107 cm³/mol. The molecule has 2 nitrogen and oxygen atoms in total. The van der Waals surface area contributed by atoms with Crippen molar-refractivity contribution >= 4 is 21.7 Å². The van der Waals surface area contributed by atoms with Crippen molar-refractivity contribution in [3.8, 4) is 11.3 Å². The lowest BCUT2D eigenvalue weighted by atomic mass is 9.80. The van der Waals surface area contributed by atoms with Crippen LogP contribution in [0.3, 0.4) is 0 Å². The van der Waals surface area contributed by atoms with Gasteiger partial charge in [0.1, 0.15) is 0 Å². The molecule has 0 unspecified atom stereocenters. The quantitative estimate of drug-likeness (QED) is 0.346. The van der Waals surface area contributed by atoms with E-state index in [0.717, 1.165) is 6.67 Å². The summed E-state index contributed by atoms with van der Waals surface area (Å²) in [5.41, 5.74) is 11.4. The molecular weight excluding hydrogens is 316 g/mol. The molecule has 0 radical (unpaired) electrons. The van der Waals surface area contributed by atoms with Crippen LogP contribution in [0.25, 0.3) is 32.9 Å². The van der Waals surface area contributed by atoms with Gasteiger partial charge in [-0.25, -0.2) is 0 Å². The minimum absolute atomic E-state index is 0.0474. The zero-order valence-corrected chi connectivity index (χ0v) is 16.1. The van der Waals surface area contributed by atoms with Gasteiger partial charge in [-0.05, 0) is 55.0 Å². The summed E-state index contributed by atoms with van der Waals surface area (Å²) >= 11 is 0. The third kappa shape index (κ3) is 1.41. The van der Waals surface area contributed by atoms with Gasteiger partial charge in [-0.3, -0.25) is 4.57 Å². The van der Waals surface area contributed by atoms with E-state index in [0.29, 0.717) is 0 Å². The number of aromatic nitrogens is 2. The fraction of sp³-hybridized carbons (Fsp3) is 0.292. The molecule has 0 saturated heterocycles. The maximum atomic E-state index is 2.50. The molecule has 0 spiro atoms. The molecule has 6 rings (SSSR count). The summed E-state index contributed by atoms with van der Waals surface area (Å²) in [5.74, 6) is 0. The summed E-state index contributed by atoms with van der Waals surface area (Å²) in [6.07, 6.45) is 2.28. The van der Waals surface area contributed by atoms with E-state index in [-0.39, 0.29) is 5.41 Å². The molecule has 2 aromatic heterocycles. The molecule has 4 aromatic rings. The van der Waals surface area contributed by atoms with E-state index in [1.54, 1.807) is 0 Å². The van der Waals surface area contributed by atoms with Gasteiger partial charge in [-0.1, -0.05) is 26.0 Å². The molecule has 128 valence electrons. The molecule has 0 atom stereocenters. The van der Waals surface area contributed by atoms with Crippen LogP contribution in [0, 0.1) is 20.8 Å². The number of hydrogen-bond donors (Lipinski definition) is 0. The lowest BCUT2D eigenvalue weighted by molar-refractivity contribution is -0.690. The molecule has 0 amide bonds. The number of rotatable bonds is 0. The highest BCUT2D eigenvalue weighted by Gasteiger charge is 2.45. The molecule has 2 aromatic carbocycles. The van der Waals surface area contributed by atoms with Gasteiger partial charge < -0.3 is 0 Å². The van der Waals surface area contributed by atoms with Crippen molar-refractivity contribution in [2.24, 2.45) is 0 Å². The topological polar surface area (TPSA) is 8.81 Å². The Labute approximate surface area is 153 Å². The zero-order chi connectivity index (χ0) is 18.0. The van der Waals surface area contributed by atoms with Gasteiger partial charge in [-0.15, -0.1) is 0 Å². The van der Waals surface area contributed by atoms with E-state index in [9.17, 15) is 0 Å². The first kappa shape index (κ1) is 14.5. The molecule has 1 aliphatic heterocycles. The van der Waals surface area contributed by atoms with Crippen LogP contribution in [0.1, 0.15) is 41.8 Å². The SMILES string of the molecule is Cc1cc[n+]2c3c1C(C)(C)c1ccc4c(C)cc5cc(C)n(c5c4c1-3)C2. The summed E-state index contributed by atoms with van der Waals surface area (Å²) in [6.45, 7) is 12.4. The number of hydrogen-bond acceptors (Lipinski definition) is 0. The van der Waals surface area contributed by atoms with E-state index in [1.807, 2.05) is 0 Å². The molecule has 0 fully saturated rings. The molecule has 1 aliphatic carbocycles. The van der Waals surface area contributed by atoms with Crippen molar-refractivity contribution < 1.29 is 4.57 Å². The third-order valence-corrected chi connectivity index (χ3v) is 6.82.